The van der Waals surface area contributed by atoms with Crippen LogP contribution in [0.4, 0.5) is 0 Å². The van der Waals surface area contributed by atoms with Crippen molar-refractivity contribution in [2.75, 3.05) is 0 Å². The van der Waals surface area contributed by atoms with Crippen LogP contribution < -0.4 is 37.4 Å². The van der Waals surface area contributed by atoms with E-state index in [0.29, 0.717) is 0 Å². The average molecular weight is 437 g/mol. The summed E-state index contributed by atoms with van der Waals surface area (Å²) in [7, 11) is 0. The summed E-state index contributed by atoms with van der Waals surface area (Å²) in [6.07, 6.45) is 0. The first kappa shape index (κ1) is 15.3. The molecule has 0 saturated heterocycles. The van der Waals surface area contributed by atoms with Crippen molar-refractivity contribution in [2.24, 2.45) is 0 Å². The molecule has 0 aliphatic carbocycles. The summed E-state index contributed by atoms with van der Waals surface area (Å²) < 4.78 is 4.37. The Kier molecular flexibility index (Phi) is 5.84. The van der Waals surface area contributed by atoms with Gasteiger partial charge in [-0.25, -0.2) is 0 Å². The molecule has 2 heteroatoms. The molecule has 0 aromatic heterocycles. The van der Waals surface area contributed by atoms with Crippen LogP contribution in [0.3, 0.4) is 0 Å². The Hall–Kier alpha value is -1.09. The van der Waals surface area contributed by atoms with Crippen LogP contribution in [0.1, 0.15) is 0 Å². The predicted octanol–water partition coefficient (Wildman–Crippen LogP) is -0.793. The van der Waals surface area contributed by atoms with Gasteiger partial charge < -0.3 is 24.0 Å². The third kappa shape index (κ3) is 3.51. The molecule has 0 N–H and O–H groups in total. The van der Waals surface area contributed by atoms with Crippen LogP contribution in [0.25, 0.3) is 0 Å². The predicted molar refractivity (Wildman–Crippen MR) is 84.0 cm³/mol. The summed E-state index contributed by atoms with van der Waals surface area (Å²) in [5.41, 5.74) is 0. The molecule has 0 atom stereocenters. The molecule has 0 fully saturated rings. The van der Waals surface area contributed by atoms with E-state index < -0.39 is 13.9 Å². The first-order chi connectivity index (χ1) is 9.45. The number of hydrogen-bond acceptors (Lipinski definition) is 0. The SMILES string of the molecule is [I-].c1ccc([Se+](c2ccccc2)c2ccccc2)cc1. The Balaban J connectivity index is 0.00000147. The van der Waals surface area contributed by atoms with Gasteiger partial charge in [0.05, 0.1) is 0 Å². The maximum absolute atomic E-state index is 2.25. The molecule has 3 rings (SSSR count). The van der Waals surface area contributed by atoms with Crippen LogP contribution in [-0.2, 0) is 0 Å². The Morgan fingerprint density at radius 3 is 0.900 bits per heavy atom. The van der Waals surface area contributed by atoms with Crippen molar-refractivity contribution in [3.8, 4) is 0 Å². The molecule has 0 nitrogen and oxygen atoms in total. The van der Waals surface area contributed by atoms with Gasteiger partial charge in [0.25, 0.3) is 0 Å². The Bertz CT molecular complexity index is 529. The van der Waals surface area contributed by atoms with Crippen LogP contribution in [0.2, 0.25) is 0 Å². The molecule has 0 saturated carbocycles. The van der Waals surface area contributed by atoms with E-state index in [1.807, 2.05) is 0 Å². The van der Waals surface area contributed by atoms with Crippen molar-refractivity contribution >= 4 is 27.3 Å². The summed E-state index contributed by atoms with van der Waals surface area (Å²) in [4.78, 5) is 0. The molecule has 0 amide bonds. The van der Waals surface area contributed by atoms with Gasteiger partial charge in [-0.05, 0) is 0 Å². The molecule has 0 spiro atoms. The molecule has 3 aromatic carbocycles. The van der Waals surface area contributed by atoms with Crippen molar-refractivity contribution in [3.05, 3.63) is 91.0 Å². The maximum atomic E-state index is 2.25. The van der Waals surface area contributed by atoms with Gasteiger partial charge in [0.1, 0.15) is 0 Å². The monoisotopic (exact) mass is 438 g/mol. The molecule has 0 unspecified atom stereocenters. The Labute approximate surface area is 141 Å². The summed E-state index contributed by atoms with van der Waals surface area (Å²) in [6, 6.07) is 32.6. The average Bonchev–Trinajstić information content (AvgIpc) is 2.51. The number of hydrogen-bond donors (Lipinski definition) is 0. The van der Waals surface area contributed by atoms with E-state index in [4.69, 9.17) is 0 Å². The fraction of sp³-hybridized carbons (Fsp3) is 0. The Morgan fingerprint density at radius 2 is 0.650 bits per heavy atom. The zero-order valence-corrected chi connectivity index (χ0v) is 14.8. The normalized spacial score (nSPS) is 10.1. The van der Waals surface area contributed by atoms with E-state index in [1.165, 1.54) is 13.4 Å². The Morgan fingerprint density at radius 1 is 0.400 bits per heavy atom. The van der Waals surface area contributed by atoms with Gasteiger partial charge in [0.15, 0.2) is 0 Å². The molecule has 0 bridgehead atoms. The van der Waals surface area contributed by atoms with Crippen molar-refractivity contribution in [1.82, 2.24) is 0 Å². The van der Waals surface area contributed by atoms with Crippen molar-refractivity contribution in [1.29, 1.82) is 0 Å². The van der Waals surface area contributed by atoms with Crippen LogP contribution in [0, 0.1) is 0 Å². The fourth-order valence-corrected chi connectivity index (χ4v) is 6.49. The second kappa shape index (κ2) is 7.63. The zero-order valence-electron chi connectivity index (χ0n) is 10.9. The van der Waals surface area contributed by atoms with Gasteiger partial charge in [-0.1, -0.05) is 0 Å². The van der Waals surface area contributed by atoms with E-state index >= 15 is 0 Å². The minimum absolute atomic E-state index is 0. The van der Waals surface area contributed by atoms with Gasteiger partial charge in [-0.2, -0.15) is 0 Å². The molecule has 20 heavy (non-hydrogen) atoms. The van der Waals surface area contributed by atoms with Crippen LogP contribution in [-0.4, -0.2) is 13.9 Å². The standard InChI is InChI=1S/C18H15Se.HI/c1-4-10-16(11-5-1)19(17-12-6-2-7-13-17)18-14-8-3-9-15-18;/h1-15H;1H/q+1;/p-1. The van der Waals surface area contributed by atoms with Gasteiger partial charge in [0.2, 0.25) is 0 Å². The third-order valence-corrected chi connectivity index (χ3v) is 7.62. The van der Waals surface area contributed by atoms with E-state index in [0.717, 1.165) is 0 Å². The molecule has 0 heterocycles. The van der Waals surface area contributed by atoms with E-state index in [2.05, 4.69) is 91.0 Å². The van der Waals surface area contributed by atoms with Crippen LogP contribution >= 0.6 is 0 Å². The summed E-state index contributed by atoms with van der Waals surface area (Å²) in [5.74, 6) is 0. The molecule has 0 radical (unpaired) electrons. The van der Waals surface area contributed by atoms with Gasteiger partial charge in [-0.15, -0.1) is 0 Å². The third-order valence-electron chi connectivity index (χ3n) is 2.94. The van der Waals surface area contributed by atoms with Crippen LogP contribution in [0.5, 0.6) is 0 Å². The van der Waals surface area contributed by atoms with E-state index in [1.54, 1.807) is 0 Å². The number of halogens is 1. The minimum atomic E-state index is -1.15. The van der Waals surface area contributed by atoms with Gasteiger partial charge in [-0.3, -0.25) is 0 Å². The first-order valence-electron chi connectivity index (χ1n) is 6.34. The molecular formula is C18H15ISe. The summed E-state index contributed by atoms with van der Waals surface area (Å²) in [6.45, 7) is 0. The van der Waals surface area contributed by atoms with Gasteiger partial charge in [0, 0.05) is 0 Å². The summed E-state index contributed by atoms with van der Waals surface area (Å²) >= 11 is -1.15. The molecule has 0 aliphatic rings. The second-order valence-electron chi connectivity index (χ2n) is 4.25. The van der Waals surface area contributed by atoms with Gasteiger partial charge >= 0.3 is 118 Å². The molecule has 0 aliphatic heterocycles. The number of benzene rings is 3. The second-order valence-corrected chi connectivity index (χ2v) is 8.50. The summed E-state index contributed by atoms with van der Waals surface area (Å²) in [5, 5.41) is 0. The number of rotatable bonds is 3. The van der Waals surface area contributed by atoms with Crippen molar-refractivity contribution in [3.63, 3.8) is 0 Å². The molecular weight excluding hydrogens is 422 g/mol. The van der Waals surface area contributed by atoms with Crippen LogP contribution in [0.15, 0.2) is 91.0 Å². The fourth-order valence-electron chi connectivity index (χ4n) is 2.08. The van der Waals surface area contributed by atoms with Crippen molar-refractivity contribution < 1.29 is 24.0 Å². The zero-order chi connectivity index (χ0) is 12.9. The molecule has 100 valence electrons. The first-order valence-corrected chi connectivity index (χ1v) is 8.91. The van der Waals surface area contributed by atoms with E-state index in [9.17, 15) is 0 Å². The van der Waals surface area contributed by atoms with Crippen molar-refractivity contribution in [2.45, 2.75) is 0 Å². The quantitative estimate of drug-likeness (QED) is 0.373. The topological polar surface area (TPSA) is 0 Å². The molecule has 3 aromatic rings. The van der Waals surface area contributed by atoms with E-state index in [-0.39, 0.29) is 24.0 Å².